The lowest BCUT2D eigenvalue weighted by atomic mass is 10.0. The summed E-state index contributed by atoms with van der Waals surface area (Å²) >= 11 is 0. The topological polar surface area (TPSA) is 87.5 Å². The fourth-order valence-corrected chi connectivity index (χ4v) is 4.28. The van der Waals surface area contributed by atoms with E-state index in [4.69, 9.17) is 5.11 Å². The van der Waals surface area contributed by atoms with Crippen LogP contribution in [0.15, 0.2) is 61.2 Å². The van der Waals surface area contributed by atoms with Crippen LogP contribution in [0.25, 0.3) is 0 Å². The molecule has 0 spiro atoms. The summed E-state index contributed by atoms with van der Waals surface area (Å²) in [5.41, 5.74) is 1.01. The van der Waals surface area contributed by atoms with Crippen LogP contribution in [0.5, 0.6) is 0 Å². The first-order valence-corrected chi connectivity index (χ1v) is 11.3. The van der Waals surface area contributed by atoms with Gasteiger partial charge in [-0.15, -0.1) is 6.58 Å². The van der Waals surface area contributed by atoms with Crippen molar-refractivity contribution in [1.82, 2.24) is 15.1 Å². The Kier molecular flexibility index (Phi) is 6.87. The molecule has 0 fully saturated rings. The molecule has 0 bridgehead atoms. The summed E-state index contributed by atoms with van der Waals surface area (Å²) in [5, 5.41) is 15.9. The van der Waals surface area contributed by atoms with Crippen molar-refractivity contribution in [2.75, 3.05) is 11.4 Å². The first kappa shape index (κ1) is 25.0. The molecule has 1 aromatic heterocycles. The van der Waals surface area contributed by atoms with Crippen molar-refractivity contribution in [2.24, 2.45) is 0 Å². The molecule has 3 aromatic rings. The second-order valence-electron chi connectivity index (χ2n) is 8.65. The molecule has 1 atom stereocenters. The predicted octanol–water partition coefficient (Wildman–Crippen LogP) is 4.84. The van der Waals surface area contributed by atoms with Gasteiger partial charge in [-0.05, 0) is 28.8 Å². The number of carbonyl (C=O) groups excluding carboxylic acids is 1. The van der Waals surface area contributed by atoms with Crippen molar-refractivity contribution in [3.8, 4) is 0 Å². The highest BCUT2D eigenvalue weighted by molar-refractivity contribution is 6.01. The summed E-state index contributed by atoms with van der Waals surface area (Å²) in [7, 11) is 0. The van der Waals surface area contributed by atoms with E-state index >= 15 is 0 Å². The van der Waals surface area contributed by atoms with Crippen molar-refractivity contribution in [3.05, 3.63) is 94.7 Å². The summed E-state index contributed by atoms with van der Waals surface area (Å²) < 4.78 is 43.6. The zero-order chi connectivity index (χ0) is 26.0. The quantitative estimate of drug-likeness (QED) is 0.413. The molecule has 36 heavy (non-hydrogen) atoms. The standard InChI is InChI=1S/C26H25F3N4O3/c1-3-20(18-7-9-19(10-8-18)25(35)36)30-23(34)21-22(26(2,28)29)31-33-12-11-32(24(21)33)15-17-6-4-5-16(13-17)14-27/h3-10,13,20H,1,11-12,14-15H2,2H3,(H,30,34)(H,35,36). The molecule has 1 aliphatic heterocycles. The van der Waals surface area contributed by atoms with Gasteiger partial charge in [-0.25, -0.2) is 13.9 Å². The highest BCUT2D eigenvalue weighted by atomic mass is 19.3. The van der Waals surface area contributed by atoms with Gasteiger partial charge in [0, 0.05) is 20.0 Å². The van der Waals surface area contributed by atoms with E-state index in [2.05, 4.69) is 17.0 Å². The highest BCUT2D eigenvalue weighted by Crippen LogP contribution is 2.38. The molecule has 1 unspecified atom stereocenters. The third-order valence-electron chi connectivity index (χ3n) is 6.01. The van der Waals surface area contributed by atoms with Gasteiger partial charge in [0.15, 0.2) is 0 Å². The van der Waals surface area contributed by atoms with Gasteiger partial charge < -0.3 is 15.3 Å². The monoisotopic (exact) mass is 498 g/mol. The zero-order valence-corrected chi connectivity index (χ0v) is 19.5. The molecule has 7 nitrogen and oxygen atoms in total. The molecule has 188 valence electrons. The van der Waals surface area contributed by atoms with E-state index in [-0.39, 0.29) is 23.5 Å². The molecule has 1 amide bonds. The van der Waals surface area contributed by atoms with Gasteiger partial charge in [0.1, 0.15) is 23.7 Å². The number of hydrogen-bond acceptors (Lipinski definition) is 4. The second-order valence-corrected chi connectivity index (χ2v) is 8.65. The Bertz CT molecular complexity index is 1300. The van der Waals surface area contributed by atoms with Gasteiger partial charge >= 0.3 is 5.97 Å². The SMILES string of the molecule is C=CC(NC(=O)c1c(C(C)(F)F)nn2c1N(Cc1cccc(CF)c1)CC2)c1ccc(C(=O)O)cc1. The van der Waals surface area contributed by atoms with Crippen molar-refractivity contribution in [2.45, 2.75) is 38.7 Å². The van der Waals surface area contributed by atoms with Crippen LogP contribution >= 0.6 is 0 Å². The number of hydrogen-bond donors (Lipinski definition) is 2. The van der Waals surface area contributed by atoms with E-state index < -0.39 is 36.2 Å². The molecule has 0 radical (unpaired) electrons. The molecular weight excluding hydrogens is 473 g/mol. The molecule has 10 heteroatoms. The molecular formula is C26H25F3N4O3. The van der Waals surface area contributed by atoms with Crippen LogP contribution in [0.4, 0.5) is 19.0 Å². The average Bonchev–Trinajstić information content (AvgIpc) is 3.43. The zero-order valence-electron chi connectivity index (χ0n) is 19.5. The first-order valence-electron chi connectivity index (χ1n) is 11.3. The maximum atomic E-state index is 14.6. The number of amides is 1. The van der Waals surface area contributed by atoms with Gasteiger partial charge in [-0.2, -0.15) is 13.9 Å². The number of aromatic carboxylic acids is 1. The summed E-state index contributed by atoms with van der Waals surface area (Å²) in [4.78, 5) is 26.3. The molecule has 2 aromatic carbocycles. The van der Waals surface area contributed by atoms with Gasteiger partial charge in [-0.1, -0.05) is 42.5 Å². The van der Waals surface area contributed by atoms with Crippen LogP contribution in [-0.2, 0) is 25.7 Å². The van der Waals surface area contributed by atoms with Crippen LogP contribution in [0, 0.1) is 0 Å². The minimum Gasteiger partial charge on any atom is -0.478 e. The Morgan fingerprint density at radius 3 is 2.50 bits per heavy atom. The number of nitrogens with one attached hydrogen (secondary N) is 1. The number of carboxylic acid groups (broad SMARTS) is 1. The van der Waals surface area contributed by atoms with Crippen molar-refractivity contribution >= 4 is 17.7 Å². The number of anilines is 1. The van der Waals surface area contributed by atoms with E-state index in [1.807, 2.05) is 6.07 Å². The number of carbonyl (C=O) groups is 2. The number of halogens is 3. The van der Waals surface area contributed by atoms with Crippen molar-refractivity contribution < 1.29 is 27.9 Å². The molecule has 2 N–H and O–H groups in total. The first-order chi connectivity index (χ1) is 17.1. The van der Waals surface area contributed by atoms with Gasteiger partial charge in [0.05, 0.1) is 18.2 Å². The van der Waals surface area contributed by atoms with Crippen LogP contribution in [0.3, 0.4) is 0 Å². The summed E-state index contributed by atoms with van der Waals surface area (Å²) in [6.07, 6.45) is 1.43. The summed E-state index contributed by atoms with van der Waals surface area (Å²) in [5.74, 6) is -4.97. The Morgan fingerprint density at radius 2 is 1.89 bits per heavy atom. The van der Waals surface area contributed by atoms with Crippen LogP contribution in [0.2, 0.25) is 0 Å². The van der Waals surface area contributed by atoms with E-state index in [1.54, 1.807) is 23.1 Å². The van der Waals surface area contributed by atoms with Crippen molar-refractivity contribution in [3.63, 3.8) is 0 Å². The number of aromatic nitrogens is 2. The predicted molar refractivity (Wildman–Crippen MR) is 128 cm³/mol. The summed E-state index contributed by atoms with van der Waals surface area (Å²) in [6, 6.07) is 11.9. The van der Waals surface area contributed by atoms with E-state index in [0.717, 1.165) is 5.56 Å². The van der Waals surface area contributed by atoms with Gasteiger partial charge in [0.2, 0.25) is 0 Å². The van der Waals surface area contributed by atoms with Gasteiger partial charge in [0.25, 0.3) is 11.8 Å². The molecule has 1 aliphatic rings. The second kappa shape index (κ2) is 9.88. The lowest BCUT2D eigenvalue weighted by molar-refractivity contribution is 0.0110. The molecule has 4 rings (SSSR count). The van der Waals surface area contributed by atoms with E-state index in [9.17, 15) is 22.8 Å². The number of nitrogens with zero attached hydrogens (tertiary/aromatic N) is 3. The number of alkyl halides is 3. The van der Waals surface area contributed by atoms with Crippen LogP contribution in [0.1, 0.15) is 56.1 Å². The van der Waals surface area contributed by atoms with Gasteiger partial charge in [-0.3, -0.25) is 4.79 Å². The average molecular weight is 499 g/mol. The molecule has 2 heterocycles. The Balaban J connectivity index is 1.67. The number of rotatable bonds is 9. The number of fused-ring (bicyclic) bond motifs is 1. The number of carboxylic acids is 1. The fourth-order valence-electron chi connectivity index (χ4n) is 4.28. The normalized spacial score (nSPS) is 13.8. The maximum absolute atomic E-state index is 14.6. The third kappa shape index (κ3) is 4.98. The minimum atomic E-state index is -3.38. The number of benzene rings is 2. The lowest BCUT2D eigenvalue weighted by Gasteiger charge is -2.22. The van der Waals surface area contributed by atoms with E-state index in [1.165, 1.54) is 35.0 Å². The maximum Gasteiger partial charge on any atom is 0.335 e. The highest BCUT2D eigenvalue weighted by Gasteiger charge is 2.40. The largest absolute Gasteiger partial charge is 0.478 e. The third-order valence-corrected chi connectivity index (χ3v) is 6.01. The minimum absolute atomic E-state index is 0.0720. The Morgan fingerprint density at radius 1 is 1.19 bits per heavy atom. The molecule has 0 aliphatic carbocycles. The van der Waals surface area contributed by atoms with E-state index in [0.29, 0.717) is 31.1 Å². The van der Waals surface area contributed by atoms with Crippen LogP contribution in [-0.4, -0.2) is 33.3 Å². The Labute approximate surface area is 205 Å². The summed E-state index contributed by atoms with van der Waals surface area (Å²) in [6.45, 7) is 4.83. The van der Waals surface area contributed by atoms with Crippen LogP contribution < -0.4 is 10.2 Å². The Hall–Kier alpha value is -4.08. The fraction of sp³-hybridized carbons (Fsp3) is 0.269. The van der Waals surface area contributed by atoms with Crippen molar-refractivity contribution in [1.29, 1.82) is 0 Å². The molecule has 0 saturated carbocycles. The lowest BCUT2D eigenvalue weighted by Crippen LogP contribution is -2.31. The smallest absolute Gasteiger partial charge is 0.335 e. The molecule has 0 saturated heterocycles.